The molecule has 0 saturated carbocycles. The summed E-state index contributed by atoms with van der Waals surface area (Å²) in [4.78, 5) is 34.7. The van der Waals surface area contributed by atoms with Crippen LogP contribution in [0.4, 0.5) is 15.8 Å². The van der Waals surface area contributed by atoms with Crippen LogP contribution in [0.2, 0.25) is 0 Å². The number of anilines is 2. The molecule has 8 heteroatoms. The topological polar surface area (TPSA) is 77.6 Å². The van der Waals surface area contributed by atoms with Gasteiger partial charge in [-0.2, -0.15) is 0 Å². The Morgan fingerprint density at radius 3 is 2.34 bits per heavy atom. The largest absolute Gasteiger partial charge is 0.367 e. The monoisotopic (exact) mass is 551 g/mol. The first-order chi connectivity index (χ1) is 19.9. The number of piperazine rings is 1. The molecule has 0 aliphatic carbocycles. The second-order valence-electron chi connectivity index (χ2n) is 10.2. The molecule has 1 aliphatic heterocycles. The molecule has 0 spiro atoms. The zero-order chi connectivity index (χ0) is 28.8. The van der Waals surface area contributed by atoms with Gasteiger partial charge in [0.05, 0.1) is 5.69 Å². The molecule has 4 aromatic rings. The molecule has 1 saturated heterocycles. The van der Waals surface area contributed by atoms with Crippen LogP contribution >= 0.6 is 0 Å². The highest BCUT2D eigenvalue weighted by molar-refractivity contribution is 6.08. The summed E-state index contributed by atoms with van der Waals surface area (Å²) < 4.78 is 15.4. The SMILES string of the molecule is CCNC(=O)C(C)(c1ccccc1)N1CCN(c2ccc(NC(=O)c3ccccc3-c3cccnc3)cc2F)CC1. The Labute approximate surface area is 240 Å². The maximum absolute atomic E-state index is 15.4. The lowest BCUT2D eigenvalue weighted by Gasteiger charge is -2.45. The van der Waals surface area contributed by atoms with Gasteiger partial charge in [-0.25, -0.2) is 4.39 Å². The molecule has 1 aromatic heterocycles. The fourth-order valence-corrected chi connectivity index (χ4v) is 5.44. The lowest BCUT2D eigenvalue weighted by atomic mass is 9.88. The zero-order valence-corrected chi connectivity index (χ0v) is 23.3. The van der Waals surface area contributed by atoms with E-state index in [2.05, 4.69) is 20.5 Å². The van der Waals surface area contributed by atoms with E-state index in [0.29, 0.717) is 49.7 Å². The summed E-state index contributed by atoms with van der Waals surface area (Å²) in [5.41, 5.74) is 3.01. The standard InChI is InChI=1S/C33H34FN5O2/c1-3-36-32(41)33(2,25-11-5-4-6-12-25)39-20-18-38(19-21-39)30-16-15-26(22-29(30)34)37-31(40)28-14-8-7-13-27(28)24-10-9-17-35-23-24/h4-17,22-23H,3,18-21H2,1-2H3,(H,36,41)(H,37,40). The Hall–Kier alpha value is -4.56. The van der Waals surface area contributed by atoms with Crippen molar-refractivity contribution in [2.24, 2.45) is 0 Å². The first-order valence-electron chi connectivity index (χ1n) is 13.9. The van der Waals surface area contributed by atoms with E-state index in [1.807, 2.05) is 73.3 Å². The van der Waals surface area contributed by atoms with Crippen LogP contribution < -0.4 is 15.5 Å². The third-order valence-electron chi connectivity index (χ3n) is 7.72. The molecule has 2 N–H and O–H groups in total. The van der Waals surface area contributed by atoms with E-state index in [0.717, 1.165) is 16.7 Å². The fourth-order valence-electron chi connectivity index (χ4n) is 5.44. The number of halogens is 1. The highest BCUT2D eigenvalue weighted by Crippen LogP contribution is 2.32. The second kappa shape index (κ2) is 12.3. The van der Waals surface area contributed by atoms with Gasteiger partial charge in [0.15, 0.2) is 0 Å². The van der Waals surface area contributed by atoms with Gasteiger partial charge in [-0.1, -0.05) is 54.6 Å². The first-order valence-corrected chi connectivity index (χ1v) is 13.9. The molecule has 5 rings (SSSR count). The molecule has 41 heavy (non-hydrogen) atoms. The van der Waals surface area contributed by atoms with Gasteiger partial charge in [-0.15, -0.1) is 0 Å². The smallest absolute Gasteiger partial charge is 0.256 e. The second-order valence-corrected chi connectivity index (χ2v) is 10.2. The van der Waals surface area contributed by atoms with Crippen molar-refractivity contribution in [2.75, 3.05) is 42.9 Å². The molecule has 1 fully saturated rings. The lowest BCUT2D eigenvalue weighted by molar-refractivity contribution is -0.133. The summed E-state index contributed by atoms with van der Waals surface area (Å²) in [6.07, 6.45) is 3.39. The van der Waals surface area contributed by atoms with Crippen molar-refractivity contribution in [3.05, 3.63) is 114 Å². The normalized spacial score (nSPS) is 15.1. The number of hydrogen-bond acceptors (Lipinski definition) is 5. The summed E-state index contributed by atoms with van der Waals surface area (Å²) in [7, 11) is 0. The number of likely N-dealkylation sites (N-methyl/N-ethyl adjacent to an activating group) is 1. The number of aromatic nitrogens is 1. The number of nitrogens with one attached hydrogen (secondary N) is 2. The van der Waals surface area contributed by atoms with Gasteiger partial charge in [0, 0.05) is 61.9 Å². The number of carbonyl (C=O) groups is 2. The van der Waals surface area contributed by atoms with Gasteiger partial charge in [0.2, 0.25) is 5.91 Å². The van der Waals surface area contributed by atoms with Crippen LogP contribution in [0, 0.1) is 5.82 Å². The highest BCUT2D eigenvalue weighted by atomic mass is 19.1. The number of amides is 2. The third-order valence-corrected chi connectivity index (χ3v) is 7.72. The number of benzene rings is 3. The van der Waals surface area contributed by atoms with Gasteiger partial charge >= 0.3 is 0 Å². The quantitative estimate of drug-likeness (QED) is 0.310. The van der Waals surface area contributed by atoms with Crippen LogP contribution in [0.3, 0.4) is 0 Å². The molecule has 0 radical (unpaired) electrons. The number of pyridine rings is 1. The molecule has 2 amide bonds. The summed E-state index contributed by atoms with van der Waals surface area (Å²) in [5.74, 6) is -0.780. The maximum Gasteiger partial charge on any atom is 0.256 e. The minimum absolute atomic E-state index is 0.0453. The molecule has 210 valence electrons. The first kappa shape index (κ1) is 28.0. The molecule has 1 atom stereocenters. The lowest BCUT2D eigenvalue weighted by Crippen LogP contribution is -2.60. The maximum atomic E-state index is 15.4. The van der Waals surface area contributed by atoms with Crippen molar-refractivity contribution in [1.82, 2.24) is 15.2 Å². The molecule has 1 aliphatic rings. The number of rotatable bonds is 8. The molecule has 1 unspecified atom stereocenters. The van der Waals surface area contributed by atoms with E-state index in [1.165, 1.54) is 6.07 Å². The van der Waals surface area contributed by atoms with E-state index in [4.69, 9.17) is 0 Å². The average Bonchev–Trinajstić information content (AvgIpc) is 3.02. The Kier molecular flexibility index (Phi) is 8.40. The van der Waals surface area contributed by atoms with Gasteiger partial charge in [0.1, 0.15) is 11.4 Å². The van der Waals surface area contributed by atoms with E-state index < -0.39 is 11.4 Å². The predicted octanol–water partition coefficient (Wildman–Crippen LogP) is 5.31. The molecule has 7 nitrogen and oxygen atoms in total. The van der Waals surface area contributed by atoms with E-state index in [9.17, 15) is 9.59 Å². The predicted molar refractivity (Wildman–Crippen MR) is 160 cm³/mol. The van der Waals surface area contributed by atoms with E-state index >= 15 is 4.39 Å². The summed E-state index contributed by atoms with van der Waals surface area (Å²) in [6, 6.07) is 25.5. The van der Waals surface area contributed by atoms with Gasteiger partial charge in [-0.3, -0.25) is 19.5 Å². The van der Waals surface area contributed by atoms with E-state index in [-0.39, 0.29) is 11.8 Å². The average molecular weight is 552 g/mol. The molecular formula is C33H34FN5O2. The van der Waals surface area contributed by atoms with Crippen LogP contribution in [0.15, 0.2) is 97.3 Å². The Morgan fingerprint density at radius 2 is 1.66 bits per heavy atom. The number of nitrogens with zero attached hydrogens (tertiary/aromatic N) is 3. The van der Waals surface area contributed by atoms with Crippen molar-refractivity contribution in [3.63, 3.8) is 0 Å². The van der Waals surface area contributed by atoms with Crippen LogP contribution in [-0.4, -0.2) is 54.4 Å². The Morgan fingerprint density at radius 1 is 0.927 bits per heavy atom. The fraction of sp³-hybridized carbons (Fsp3) is 0.242. The van der Waals surface area contributed by atoms with Crippen LogP contribution in [-0.2, 0) is 10.3 Å². The molecule has 2 heterocycles. The third kappa shape index (κ3) is 5.83. The van der Waals surface area contributed by atoms with Gasteiger partial charge in [0.25, 0.3) is 5.91 Å². The number of hydrogen-bond donors (Lipinski definition) is 2. The minimum atomic E-state index is -0.831. The Balaban J connectivity index is 1.29. The Bertz CT molecular complexity index is 1510. The molecule has 0 bridgehead atoms. The van der Waals surface area contributed by atoms with Crippen molar-refractivity contribution in [3.8, 4) is 11.1 Å². The van der Waals surface area contributed by atoms with Gasteiger partial charge in [-0.05, 0) is 55.3 Å². The van der Waals surface area contributed by atoms with Crippen LogP contribution in [0.25, 0.3) is 11.1 Å². The van der Waals surface area contributed by atoms with Crippen LogP contribution in [0.1, 0.15) is 29.8 Å². The molecule has 3 aromatic carbocycles. The number of carbonyl (C=O) groups excluding carboxylic acids is 2. The van der Waals surface area contributed by atoms with E-state index in [1.54, 1.807) is 36.7 Å². The van der Waals surface area contributed by atoms with Gasteiger partial charge < -0.3 is 15.5 Å². The van der Waals surface area contributed by atoms with Crippen molar-refractivity contribution in [2.45, 2.75) is 19.4 Å². The summed E-state index contributed by atoms with van der Waals surface area (Å²) >= 11 is 0. The highest BCUT2D eigenvalue weighted by Gasteiger charge is 2.42. The van der Waals surface area contributed by atoms with Crippen molar-refractivity contribution in [1.29, 1.82) is 0 Å². The molecular weight excluding hydrogens is 517 g/mol. The van der Waals surface area contributed by atoms with Crippen LogP contribution in [0.5, 0.6) is 0 Å². The summed E-state index contributed by atoms with van der Waals surface area (Å²) in [6.45, 7) is 6.70. The van der Waals surface area contributed by atoms with Crippen molar-refractivity contribution >= 4 is 23.2 Å². The summed E-state index contributed by atoms with van der Waals surface area (Å²) in [5, 5.41) is 5.83. The zero-order valence-electron chi connectivity index (χ0n) is 23.3. The van der Waals surface area contributed by atoms with Crippen molar-refractivity contribution < 1.29 is 14.0 Å². The minimum Gasteiger partial charge on any atom is -0.367 e.